The molecule has 0 bridgehead atoms. The Kier molecular flexibility index (Phi) is 4.90. The molecule has 0 unspecified atom stereocenters. The Morgan fingerprint density at radius 3 is 2.65 bits per heavy atom. The molecule has 0 aliphatic heterocycles. The lowest BCUT2D eigenvalue weighted by molar-refractivity contribution is -0.137. The van der Waals surface area contributed by atoms with Crippen molar-refractivity contribution in [2.75, 3.05) is 5.32 Å². The molecule has 0 atom stereocenters. The molecular weight excluding hydrogens is 249 g/mol. The highest BCUT2D eigenvalue weighted by Gasteiger charge is 2.07. The lowest BCUT2D eigenvalue weighted by Crippen LogP contribution is -2.12. The quantitative estimate of drug-likeness (QED) is 0.854. The van der Waals surface area contributed by atoms with Crippen LogP contribution in [0.2, 0.25) is 5.02 Å². The number of halogens is 2. The Labute approximate surface area is 102 Å². The number of aliphatic carboxylic acids is 1. The molecule has 1 amide bonds. The summed E-state index contributed by atoms with van der Waals surface area (Å²) in [7, 11) is 0. The molecule has 0 aromatic heterocycles. The van der Waals surface area contributed by atoms with Gasteiger partial charge in [0.25, 0.3) is 0 Å². The van der Waals surface area contributed by atoms with E-state index >= 15 is 0 Å². The van der Waals surface area contributed by atoms with Crippen molar-refractivity contribution in [3.8, 4) is 0 Å². The summed E-state index contributed by atoms with van der Waals surface area (Å²) in [5.41, 5.74) is 0.313. The van der Waals surface area contributed by atoms with Crippen LogP contribution in [0.5, 0.6) is 0 Å². The zero-order chi connectivity index (χ0) is 12.8. The summed E-state index contributed by atoms with van der Waals surface area (Å²) in [6, 6.07) is 3.62. The second-order valence-corrected chi connectivity index (χ2v) is 3.83. The number of nitrogens with one attached hydrogen (secondary N) is 1. The monoisotopic (exact) mass is 259 g/mol. The average Bonchev–Trinajstić information content (AvgIpc) is 2.21. The molecule has 1 aromatic carbocycles. The van der Waals surface area contributed by atoms with Crippen molar-refractivity contribution in [2.45, 2.75) is 19.3 Å². The third-order valence-corrected chi connectivity index (χ3v) is 2.31. The maximum atomic E-state index is 12.7. The molecule has 17 heavy (non-hydrogen) atoms. The highest BCUT2D eigenvalue weighted by atomic mass is 35.5. The van der Waals surface area contributed by atoms with E-state index < -0.39 is 11.8 Å². The van der Waals surface area contributed by atoms with Crippen LogP contribution in [0, 0.1) is 5.82 Å². The van der Waals surface area contributed by atoms with E-state index in [1.807, 2.05) is 0 Å². The largest absolute Gasteiger partial charge is 0.481 e. The maximum Gasteiger partial charge on any atom is 0.303 e. The van der Waals surface area contributed by atoms with Gasteiger partial charge >= 0.3 is 5.97 Å². The average molecular weight is 260 g/mol. The van der Waals surface area contributed by atoms with Gasteiger partial charge in [-0.05, 0) is 24.6 Å². The first-order valence-corrected chi connectivity index (χ1v) is 5.33. The molecule has 0 saturated heterocycles. The Hall–Kier alpha value is -1.62. The van der Waals surface area contributed by atoms with Gasteiger partial charge in [-0.1, -0.05) is 11.6 Å². The fraction of sp³-hybridized carbons (Fsp3) is 0.273. The van der Waals surface area contributed by atoms with E-state index in [9.17, 15) is 14.0 Å². The van der Waals surface area contributed by atoms with Crippen LogP contribution < -0.4 is 5.32 Å². The summed E-state index contributed by atoms with van der Waals surface area (Å²) >= 11 is 5.71. The summed E-state index contributed by atoms with van der Waals surface area (Å²) < 4.78 is 12.7. The van der Waals surface area contributed by atoms with Gasteiger partial charge in [0, 0.05) is 12.8 Å². The van der Waals surface area contributed by atoms with E-state index in [4.69, 9.17) is 16.7 Å². The molecule has 4 nitrogen and oxygen atoms in total. The SMILES string of the molecule is O=C(O)CCCC(=O)Nc1ccc(F)cc1Cl. The smallest absolute Gasteiger partial charge is 0.303 e. The van der Waals surface area contributed by atoms with E-state index in [1.54, 1.807) is 0 Å². The highest BCUT2D eigenvalue weighted by molar-refractivity contribution is 6.33. The summed E-state index contributed by atoms with van der Waals surface area (Å²) in [4.78, 5) is 21.6. The number of amides is 1. The molecule has 0 aliphatic carbocycles. The Morgan fingerprint density at radius 1 is 1.35 bits per heavy atom. The van der Waals surface area contributed by atoms with Crippen molar-refractivity contribution in [3.63, 3.8) is 0 Å². The number of hydrogen-bond donors (Lipinski definition) is 2. The van der Waals surface area contributed by atoms with E-state index in [-0.39, 0.29) is 30.2 Å². The van der Waals surface area contributed by atoms with Crippen molar-refractivity contribution in [2.24, 2.45) is 0 Å². The van der Waals surface area contributed by atoms with Crippen LogP contribution in [0.3, 0.4) is 0 Å². The van der Waals surface area contributed by atoms with Gasteiger partial charge in [0.1, 0.15) is 5.82 Å². The lowest BCUT2D eigenvalue weighted by Gasteiger charge is -2.06. The number of anilines is 1. The molecule has 1 aromatic rings. The lowest BCUT2D eigenvalue weighted by atomic mass is 10.2. The number of benzene rings is 1. The van der Waals surface area contributed by atoms with Crippen LogP contribution in [0.1, 0.15) is 19.3 Å². The van der Waals surface area contributed by atoms with Gasteiger partial charge in [0.2, 0.25) is 5.91 Å². The number of carboxylic acid groups (broad SMARTS) is 1. The molecule has 92 valence electrons. The molecule has 6 heteroatoms. The zero-order valence-corrected chi connectivity index (χ0v) is 9.63. The van der Waals surface area contributed by atoms with E-state index in [2.05, 4.69) is 5.32 Å². The minimum Gasteiger partial charge on any atom is -0.481 e. The number of carboxylic acids is 1. The Balaban J connectivity index is 2.48. The third kappa shape index (κ3) is 4.82. The molecule has 2 N–H and O–H groups in total. The van der Waals surface area contributed by atoms with E-state index in [0.29, 0.717) is 5.69 Å². The Morgan fingerprint density at radius 2 is 2.06 bits per heavy atom. The molecule has 0 fully saturated rings. The van der Waals surface area contributed by atoms with Crippen molar-refractivity contribution in [1.29, 1.82) is 0 Å². The fourth-order valence-electron chi connectivity index (χ4n) is 1.20. The van der Waals surface area contributed by atoms with Gasteiger partial charge in [-0.15, -0.1) is 0 Å². The van der Waals surface area contributed by atoms with Gasteiger partial charge in [0.05, 0.1) is 10.7 Å². The van der Waals surface area contributed by atoms with Crippen LogP contribution in [0.25, 0.3) is 0 Å². The molecule has 1 rings (SSSR count). The topological polar surface area (TPSA) is 66.4 Å². The van der Waals surface area contributed by atoms with Crippen molar-refractivity contribution >= 4 is 29.2 Å². The number of carbonyl (C=O) groups excluding carboxylic acids is 1. The normalized spacial score (nSPS) is 10.0. The van der Waals surface area contributed by atoms with Crippen molar-refractivity contribution in [3.05, 3.63) is 29.0 Å². The molecule has 0 radical (unpaired) electrons. The first-order chi connectivity index (χ1) is 7.99. The predicted molar refractivity (Wildman–Crippen MR) is 61.5 cm³/mol. The molecule has 0 heterocycles. The van der Waals surface area contributed by atoms with Crippen LogP contribution >= 0.6 is 11.6 Å². The van der Waals surface area contributed by atoms with Gasteiger partial charge in [-0.2, -0.15) is 0 Å². The summed E-state index contributed by atoms with van der Waals surface area (Å²) in [6.45, 7) is 0. The molecular formula is C11H11ClFNO3. The van der Waals surface area contributed by atoms with Crippen LogP contribution in [-0.4, -0.2) is 17.0 Å². The van der Waals surface area contributed by atoms with E-state index in [0.717, 1.165) is 6.07 Å². The number of rotatable bonds is 5. The standard InChI is InChI=1S/C11H11ClFNO3/c12-8-6-7(13)4-5-9(8)14-10(15)2-1-3-11(16)17/h4-6H,1-3H2,(H,14,15)(H,16,17). The first-order valence-electron chi connectivity index (χ1n) is 4.95. The van der Waals surface area contributed by atoms with Crippen LogP contribution in [0.4, 0.5) is 10.1 Å². The summed E-state index contributed by atoms with van der Waals surface area (Å²) in [5.74, 6) is -1.78. The predicted octanol–water partition coefficient (Wildman–Crippen LogP) is 2.67. The summed E-state index contributed by atoms with van der Waals surface area (Å²) in [6.07, 6.45) is 0.268. The minimum atomic E-state index is -0.947. The second-order valence-electron chi connectivity index (χ2n) is 3.42. The highest BCUT2D eigenvalue weighted by Crippen LogP contribution is 2.22. The third-order valence-electron chi connectivity index (χ3n) is 2.00. The number of hydrogen-bond acceptors (Lipinski definition) is 2. The van der Waals surface area contributed by atoms with E-state index in [1.165, 1.54) is 12.1 Å². The Bertz CT molecular complexity index is 437. The molecule has 0 aliphatic rings. The first kappa shape index (κ1) is 13.4. The van der Waals surface area contributed by atoms with Gasteiger partial charge in [0.15, 0.2) is 0 Å². The molecule has 0 spiro atoms. The van der Waals surface area contributed by atoms with Crippen molar-refractivity contribution in [1.82, 2.24) is 0 Å². The maximum absolute atomic E-state index is 12.7. The fourth-order valence-corrected chi connectivity index (χ4v) is 1.42. The second kappa shape index (κ2) is 6.20. The summed E-state index contributed by atoms with van der Waals surface area (Å²) in [5, 5.41) is 11.0. The van der Waals surface area contributed by atoms with Gasteiger partial charge < -0.3 is 10.4 Å². The van der Waals surface area contributed by atoms with Crippen LogP contribution in [-0.2, 0) is 9.59 Å². The number of carbonyl (C=O) groups is 2. The van der Waals surface area contributed by atoms with Crippen molar-refractivity contribution < 1.29 is 19.1 Å². The van der Waals surface area contributed by atoms with Gasteiger partial charge in [-0.25, -0.2) is 4.39 Å². The van der Waals surface area contributed by atoms with Crippen LogP contribution in [0.15, 0.2) is 18.2 Å². The van der Waals surface area contributed by atoms with Gasteiger partial charge in [-0.3, -0.25) is 9.59 Å². The zero-order valence-electron chi connectivity index (χ0n) is 8.87. The molecule has 0 saturated carbocycles. The minimum absolute atomic E-state index is 0.0649.